The highest BCUT2D eigenvalue weighted by atomic mass is 35.5. The van der Waals surface area contributed by atoms with Crippen LogP contribution in [0.5, 0.6) is 5.88 Å². The number of aromatic nitrogens is 3. The summed E-state index contributed by atoms with van der Waals surface area (Å²) in [5, 5.41) is -0.0440. The fourth-order valence-electron chi connectivity index (χ4n) is 1.51. The Balaban J connectivity index is 2.43. The van der Waals surface area contributed by atoms with E-state index in [2.05, 4.69) is 9.97 Å². The number of aromatic amines is 1. The van der Waals surface area contributed by atoms with Crippen LogP contribution < -0.4 is 16.0 Å². The van der Waals surface area contributed by atoms with Gasteiger partial charge in [-0.1, -0.05) is 17.7 Å². The fraction of sp³-hybridized carbons (Fsp3) is 0.182. The summed E-state index contributed by atoms with van der Waals surface area (Å²) in [5.74, 6) is 0.423. The Hall–Kier alpha value is -2.08. The number of hydrogen-bond donors (Lipinski definition) is 1. The fourth-order valence-corrected chi connectivity index (χ4v) is 1.68. The number of nitrogens with one attached hydrogen (secondary N) is 1. The van der Waals surface area contributed by atoms with E-state index in [1.807, 2.05) is 0 Å². The van der Waals surface area contributed by atoms with Crippen molar-refractivity contribution in [1.29, 1.82) is 0 Å². The normalized spacial score (nSPS) is 10.3. The number of ether oxygens (including phenoxy) is 1. The first-order valence-electron chi connectivity index (χ1n) is 5.09. The molecule has 2 aromatic rings. The Morgan fingerprint density at radius 2 is 2.28 bits per heavy atom. The maximum absolute atomic E-state index is 11.6. The van der Waals surface area contributed by atoms with Crippen molar-refractivity contribution < 1.29 is 4.74 Å². The van der Waals surface area contributed by atoms with Crippen LogP contribution in [0.1, 0.15) is 5.56 Å². The number of pyridine rings is 1. The van der Waals surface area contributed by atoms with Gasteiger partial charge in [0.25, 0.3) is 5.56 Å². The number of hydrogen-bond acceptors (Lipinski definition) is 4. The van der Waals surface area contributed by atoms with Crippen LogP contribution in [-0.2, 0) is 6.54 Å². The van der Waals surface area contributed by atoms with E-state index in [0.29, 0.717) is 11.4 Å². The van der Waals surface area contributed by atoms with E-state index in [1.165, 1.54) is 17.9 Å². The molecule has 7 heteroatoms. The topological polar surface area (TPSA) is 77.0 Å². The van der Waals surface area contributed by atoms with Gasteiger partial charge in [-0.25, -0.2) is 9.78 Å². The Morgan fingerprint density at radius 3 is 3.00 bits per heavy atom. The van der Waals surface area contributed by atoms with Gasteiger partial charge in [-0.3, -0.25) is 14.3 Å². The minimum atomic E-state index is -0.601. The second-order valence-electron chi connectivity index (χ2n) is 3.54. The highest BCUT2D eigenvalue weighted by Gasteiger charge is 2.07. The van der Waals surface area contributed by atoms with Crippen molar-refractivity contribution in [2.45, 2.75) is 6.54 Å². The van der Waals surface area contributed by atoms with Gasteiger partial charge in [0.05, 0.1) is 13.7 Å². The summed E-state index contributed by atoms with van der Waals surface area (Å²) in [5.41, 5.74) is -0.420. The molecule has 94 valence electrons. The molecule has 0 fully saturated rings. The number of H-pyrrole nitrogens is 1. The minimum Gasteiger partial charge on any atom is -0.481 e. The molecule has 0 radical (unpaired) electrons. The Labute approximate surface area is 107 Å². The van der Waals surface area contributed by atoms with Crippen molar-refractivity contribution in [2.75, 3.05) is 7.11 Å². The molecule has 1 N–H and O–H groups in total. The summed E-state index contributed by atoms with van der Waals surface area (Å²) < 4.78 is 6.36. The molecule has 6 nitrogen and oxygen atoms in total. The molecule has 0 amide bonds. The van der Waals surface area contributed by atoms with Gasteiger partial charge in [-0.15, -0.1) is 0 Å². The Morgan fingerprint density at radius 1 is 1.50 bits per heavy atom. The first kappa shape index (κ1) is 12.4. The molecule has 0 unspecified atom stereocenters. The van der Waals surface area contributed by atoms with Crippen molar-refractivity contribution in [3.63, 3.8) is 0 Å². The summed E-state index contributed by atoms with van der Waals surface area (Å²) in [6, 6.07) is 3.51. The van der Waals surface area contributed by atoms with Gasteiger partial charge < -0.3 is 4.74 Å². The molecule has 2 aromatic heterocycles. The van der Waals surface area contributed by atoms with Crippen LogP contribution in [0.25, 0.3) is 0 Å². The smallest absolute Gasteiger partial charge is 0.328 e. The van der Waals surface area contributed by atoms with Gasteiger partial charge in [-0.05, 0) is 6.07 Å². The third-order valence-electron chi connectivity index (χ3n) is 2.35. The van der Waals surface area contributed by atoms with Gasteiger partial charge in [0, 0.05) is 18.0 Å². The monoisotopic (exact) mass is 267 g/mol. The molecule has 0 saturated heterocycles. The average Bonchev–Trinajstić information content (AvgIpc) is 2.36. The zero-order chi connectivity index (χ0) is 13.1. The highest BCUT2D eigenvalue weighted by molar-refractivity contribution is 6.30. The van der Waals surface area contributed by atoms with Crippen LogP contribution in [0, 0.1) is 0 Å². The number of halogens is 1. The molecule has 0 atom stereocenters. The molecule has 18 heavy (non-hydrogen) atoms. The molecule has 0 aliphatic carbocycles. The number of nitrogens with zero attached hydrogens (tertiary/aromatic N) is 2. The maximum Gasteiger partial charge on any atom is 0.328 e. The van der Waals surface area contributed by atoms with Crippen molar-refractivity contribution in [2.24, 2.45) is 0 Å². The average molecular weight is 268 g/mol. The lowest BCUT2D eigenvalue weighted by atomic mass is 10.2. The van der Waals surface area contributed by atoms with Crippen LogP contribution in [0.4, 0.5) is 0 Å². The lowest BCUT2D eigenvalue weighted by Crippen LogP contribution is -2.30. The maximum atomic E-state index is 11.6. The molecular formula is C11H10ClN3O3. The first-order valence-corrected chi connectivity index (χ1v) is 5.46. The second-order valence-corrected chi connectivity index (χ2v) is 3.94. The molecule has 0 spiro atoms. The number of rotatable bonds is 3. The third-order valence-corrected chi connectivity index (χ3v) is 2.62. The van der Waals surface area contributed by atoms with Gasteiger partial charge in [0.15, 0.2) is 0 Å². The van der Waals surface area contributed by atoms with E-state index in [4.69, 9.17) is 16.3 Å². The predicted molar refractivity (Wildman–Crippen MR) is 66.2 cm³/mol. The van der Waals surface area contributed by atoms with E-state index in [-0.39, 0.29) is 11.6 Å². The minimum absolute atomic E-state index is 0.0440. The van der Waals surface area contributed by atoms with E-state index in [0.717, 1.165) is 0 Å². The SMILES string of the molecule is COc1ncccc1Cn1cc(Cl)c(=O)[nH]c1=O. The summed E-state index contributed by atoms with van der Waals surface area (Å²) in [6.07, 6.45) is 2.88. The second kappa shape index (κ2) is 5.05. The van der Waals surface area contributed by atoms with Crippen LogP contribution in [-0.4, -0.2) is 21.6 Å². The van der Waals surface area contributed by atoms with Gasteiger partial charge in [-0.2, -0.15) is 0 Å². The molecule has 2 rings (SSSR count). The molecule has 0 aliphatic heterocycles. The third kappa shape index (κ3) is 2.43. The molecule has 0 aromatic carbocycles. The summed E-state index contributed by atoms with van der Waals surface area (Å²) in [4.78, 5) is 28.9. The van der Waals surface area contributed by atoms with Crippen LogP contribution in [0.2, 0.25) is 5.02 Å². The van der Waals surface area contributed by atoms with Crippen molar-refractivity contribution in [3.05, 3.63) is 56.0 Å². The highest BCUT2D eigenvalue weighted by Crippen LogP contribution is 2.14. The molecular weight excluding hydrogens is 258 g/mol. The number of methoxy groups -OCH3 is 1. The molecule has 2 heterocycles. The standard InChI is InChI=1S/C11H10ClN3O3/c1-18-10-7(3-2-4-13-10)5-15-6-8(12)9(16)14-11(15)17/h2-4,6H,5H2,1H3,(H,14,16,17). The first-order chi connectivity index (χ1) is 8.61. The molecule has 0 bridgehead atoms. The summed E-state index contributed by atoms with van der Waals surface area (Å²) in [7, 11) is 1.49. The summed E-state index contributed by atoms with van der Waals surface area (Å²) in [6.45, 7) is 0.215. The molecule has 0 saturated carbocycles. The Bertz CT molecular complexity index is 678. The van der Waals surface area contributed by atoms with E-state index >= 15 is 0 Å². The summed E-state index contributed by atoms with van der Waals surface area (Å²) >= 11 is 5.68. The van der Waals surface area contributed by atoms with Gasteiger partial charge in [0.2, 0.25) is 5.88 Å². The Kier molecular flexibility index (Phi) is 3.47. The molecule has 0 aliphatic rings. The van der Waals surface area contributed by atoms with Crippen LogP contribution in [0.3, 0.4) is 0 Å². The zero-order valence-corrected chi connectivity index (χ0v) is 10.3. The van der Waals surface area contributed by atoms with Crippen molar-refractivity contribution >= 4 is 11.6 Å². The zero-order valence-electron chi connectivity index (χ0n) is 9.51. The van der Waals surface area contributed by atoms with Crippen LogP contribution in [0.15, 0.2) is 34.1 Å². The van der Waals surface area contributed by atoms with Crippen LogP contribution >= 0.6 is 11.6 Å². The lowest BCUT2D eigenvalue weighted by Gasteiger charge is -2.08. The van der Waals surface area contributed by atoms with E-state index < -0.39 is 11.2 Å². The van der Waals surface area contributed by atoms with Gasteiger partial charge in [0.1, 0.15) is 5.02 Å². The quantitative estimate of drug-likeness (QED) is 0.885. The van der Waals surface area contributed by atoms with E-state index in [1.54, 1.807) is 18.3 Å². The lowest BCUT2D eigenvalue weighted by molar-refractivity contribution is 0.391. The van der Waals surface area contributed by atoms with E-state index in [9.17, 15) is 9.59 Å². The predicted octanol–water partition coefficient (Wildman–Crippen LogP) is 0.642. The van der Waals surface area contributed by atoms with Crippen molar-refractivity contribution in [3.8, 4) is 5.88 Å². The largest absolute Gasteiger partial charge is 0.481 e. The van der Waals surface area contributed by atoms with Crippen molar-refractivity contribution in [1.82, 2.24) is 14.5 Å². The van der Waals surface area contributed by atoms with Gasteiger partial charge >= 0.3 is 5.69 Å².